The number of hydrogen-bond donors (Lipinski definition) is 0. The predicted octanol–water partition coefficient (Wildman–Crippen LogP) is 3.68. The third-order valence-electron chi connectivity index (χ3n) is 3.04. The summed E-state index contributed by atoms with van der Waals surface area (Å²) >= 11 is 0. The lowest BCUT2D eigenvalue weighted by molar-refractivity contribution is 0.103. The summed E-state index contributed by atoms with van der Waals surface area (Å²) in [7, 11) is 1.55. The molecule has 98 valence electrons. The first kappa shape index (κ1) is 13.3. The van der Waals surface area contributed by atoms with Crippen molar-refractivity contribution in [3.05, 3.63) is 64.5 Å². The van der Waals surface area contributed by atoms with Gasteiger partial charge in [-0.05, 0) is 37.6 Å². The zero-order chi connectivity index (χ0) is 14.0. The Bertz CT molecular complexity index is 633. The molecule has 2 rings (SSSR count). The smallest absolute Gasteiger partial charge is 0.196 e. The minimum Gasteiger partial charge on any atom is -0.496 e. The van der Waals surface area contributed by atoms with Gasteiger partial charge in [0.05, 0.1) is 12.7 Å². The monoisotopic (exact) mass is 258 g/mol. The maximum Gasteiger partial charge on any atom is 0.196 e. The van der Waals surface area contributed by atoms with E-state index in [1.54, 1.807) is 37.4 Å². The van der Waals surface area contributed by atoms with Gasteiger partial charge < -0.3 is 4.74 Å². The number of rotatable bonds is 3. The molecule has 0 saturated carbocycles. The Morgan fingerprint density at radius 2 is 1.84 bits per heavy atom. The molecule has 0 atom stereocenters. The molecule has 0 bridgehead atoms. The maximum atomic E-state index is 13.7. The summed E-state index contributed by atoms with van der Waals surface area (Å²) in [4.78, 5) is 12.3. The molecule has 2 aromatic rings. The summed E-state index contributed by atoms with van der Waals surface area (Å²) in [5.41, 5.74) is 2.30. The Balaban J connectivity index is 2.47. The van der Waals surface area contributed by atoms with E-state index in [9.17, 15) is 9.18 Å². The zero-order valence-corrected chi connectivity index (χ0v) is 11.2. The molecule has 0 radical (unpaired) electrons. The molecule has 19 heavy (non-hydrogen) atoms. The Morgan fingerprint density at radius 1 is 1.11 bits per heavy atom. The van der Waals surface area contributed by atoms with Gasteiger partial charge in [0.15, 0.2) is 5.78 Å². The number of ether oxygens (including phenoxy) is 1. The van der Waals surface area contributed by atoms with Crippen LogP contribution in [0, 0.1) is 19.7 Å². The van der Waals surface area contributed by atoms with Crippen molar-refractivity contribution in [2.24, 2.45) is 0 Å². The molecule has 2 nitrogen and oxygen atoms in total. The van der Waals surface area contributed by atoms with E-state index in [4.69, 9.17) is 4.74 Å². The standard InChI is InChI=1S/C16H15FO2/c1-10-4-7-14(17)13(8-10)16(18)12-6-5-11(2)15(9-12)19-3/h4-9H,1-3H3. The number of benzene rings is 2. The molecular weight excluding hydrogens is 243 g/mol. The fourth-order valence-electron chi connectivity index (χ4n) is 1.93. The lowest BCUT2D eigenvalue weighted by Crippen LogP contribution is -2.05. The molecular formula is C16H15FO2. The highest BCUT2D eigenvalue weighted by Gasteiger charge is 2.15. The first-order valence-corrected chi connectivity index (χ1v) is 5.98. The Kier molecular flexibility index (Phi) is 3.65. The van der Waals surface area contributed by atoms with Crippen molar-refractivity contribution in [3.63, 3.8) is 0 Å². The van der Waals surface area contributed by atoms with Crippen molar-refractivity contribution >= 4 is 5.78 Å². The third kappa shape index (κ3) is 2.65. The molecule has 0 aliphatic rings. The van der Waals surface area contributed by atoms with Gasteiger partial charge in [0, 0.05) is 5.56 Å². The molecule has 0 heterocycles. The van der Waals surface area contributed by atoms with Crippen molar-refractivity contribution in [1.29, 1.82) is 0 Å². The minimum absolute atomic E-state index is 0.0888. The van der Waals surface area contributed by atoms with E-state index in [2.05, 4.69) is 0 Å². The molecule has 2 aromatic carbocycles. The molecule has 0 saturated heterocycles. The molecule has 0 aliphatic heterocycles. The van der Waals surface area contributed by atoms with Crippen molar-refractivity contribution in [3.8, 4) is 5.75 Å². The Hall–Kier alpha value is -2.16. The normalized spacial score (nSPS) is 10.3. The van der Waals surface area contributed by atoms with Crippen molar-refractivity contribution in [1.82, 2.24) is 0 Å². The number of halogens is 1. The number of carbonyl (C=O) groups excluding carboxylic acids is 1. The second kappa shape index (κ2) is 5.22. The van der Waals surface area contributed by atoms with Gasteiger partial charge >= 0.3 is 0 Å². The minimum atomic E-state index is -0.504. The molecule has 3 heteroatoms. The van der Waals surface area contributed by atoms with Gasteiger partial charge in [-0.25, -0.2) is 4.39 Å². The maximum absolute atomic E-state index is 13.7. The van der Waals surface area contributed by atoms with Crippen LogP contribution < -0.4 is 4.74 Å². The highest BCUT2D eigenvalue weighted by Crippen LogP contribution is 2.22. The van der Waals surface area contributed by atoms with E-state index in [0.29, 0.717) is 11.3 Å². The highest BCUT2D eigenvalue weighted by atomic mass is 19.1. The summed E-state index contributed by atoms with van der Waals surface area (Å²) < 4.78 is 18.9. The largest absolute Gasteiger partial charge is 0.496 e. The Morgan fingerprint density at radius 3 is 2.53 bits per heavy atom. The first-order chi connectivity index (χ1) is 9.02. The van der Waals surface area contributed by atoms with Crippen molar-refractivity contribution < 1.29 is 13.9 Å². The molecule has 0 fully saturated rings. The van der Waals surface area contributed by atoms with Gasteiger partial charge in [-0.1, -0.05) is 23.8 Å². The average Bonchev–Trinajstić information content (AvgIpc) is 2.41. The van der Waals surface area contributed by atoms with Crippen molar-refractivity contribution in [2.45, 2.75) is 13.8 Å². The summed E-state index contributed by atoms with van der Waals surface area (Å²) in [6.07, 6.45) is 0. The molecule has 0 amide bonds. The van der Waals surface area contributed by atoms with Crippen LogP contribution in [0.5, 0.6) is 5.75 Å². The number of hydrogen-bond acceptors (Lipinski definition) is 2. The van der Waals surface area contributed by atoms with Crippen LogP contribution in [0.25, 0.3) is 0 Å². The van der Waals surface area contributed by atoms with Gasteiger partial charge in [-0.2, -0.15) is 0 Å². The van der Waals surface area contributed by atoms with Crippen LogP contribution >= 0.6 is 0 Å². The van der Waals surface area contributed by atoms with E-state index >= 15 is 0 Å². The van der Waals surface area contributed by atoms with E-state index in [0.717, 1.165) is 11.1 Å². The zero-order valence-electron chi connectivity index (χ0n) is 11.2. The van der Waals surface area contributed by atoms with Crippen LogP contribution in [-0.2, 0) is 0 Å². The molecule has 0 unspecified atom stereocenters. The SMILES string of the molecule is COc1cc(C(=O)c2cc(C)ccc2F)ccc1C. The summed E-state index contributed by atoms with van der Waals surface area (Å²) in [5, 5.41) is 0. The average molecular weight is 258 g/mol. The number of aryl methyl sites for hydroxylation is 2. The van der Waals surface area contributed by atoms with Gasteiger partial charge in [0.25, 0.3) is 0 Å². The third-order valence-corrected chi connectivity index (χ3v) is 3.04. The molecule has 0 N–H and O–H groups in total. The van der Waals surface area contributed by atoms with E-state index in [-0.39, 0.29) is 11.3 Å². The van der Waals surface area contributed by atoms with Gasteiger partial charge in [0.1, 0.15) is 11.6 Å². The molecule has 0 aliphatic carbocycles. The lowest BCUT2D eigenvalue weighted by Gasteiger charge is -2.08. The van der Waals surface area contributed by atoms with E-state index in [1.165, 1.54) is 6.07 Å². The summed E-state index contributed by atoms with van der Waals surface area (Å²) in [6, 6.07) is 9.63. The van der Waals surface area contributed by atoms with Gasteiger partial charge in [0.2, 0.25) is 0 Å². The van der Waals surface area contributed by atoms with Crippen LogP contribution in [0.15, 0.2) is 36.4 Å². The highest BCUT2D eigenvalue weighted by molar-refractivity contribution is 6.09. The topological polar surface area (TPSA) is 26.3 Å². The lowest BCUT2D eigenvalue weighted by atomic mass is 10.00. The van der Waals surface area contributed by atoms with Crippen LogP contribution in [0.4, 0.5) is 4.39 Å². The fraction of sp³-hybridized carbons (Fsp3) is 0.188. The number of carbonyl (C=O) groups is 1. The fourth-order valence-corrected chi connectivity index (χ4v) is 1.93. The number of ketones is 1. The summed E-state index contributed by atoms with van der Waals surface area (Å²) in [5.74, 6) is -0.214. The number of methoxy groups -OCH3 is 1. The van der Waals surface area contributed by atoms with Crippen LogP contribution in [-0.4, -0.2) is 12.9 Å². The first-order valence-electron chi connectivity index (χ1n) is 5.98. The van der Waals surface area contributed by atoms with Gasteiger partial charge in [-0.3, -0.25) is 4.79 Å². The van der Waals surface area contributed by atoms with Crippen LogP contribution in [0.1, 0.15) is 27.0 Å². The second-order valence-corrected chi connectivity index (χ2v) is 4.50. The Labute approximate surface area is 111 Å². The molecule has 0 spiro atoms. The van der Waals surface area contributed by atoms with Crippen LogP contribution in [0.2, 0.25) is 0 Å². The van der Waals surface area contributed by atoms with Crippen molar-refractivity contribution in [2.75, 3.05) is 7.11 Å². The predicted molar refractivity (Wildman–Crippen MR) is 72.3 cm³/mol. The summed E-state index contributed by atoms with van der Waals surface area (Å²) in [6.45, 7) is 3.71. The van der Waals surface area contributed by atoms with E-state index in [1.807, 2.05) is 13.8 Å². The quantitative estimate of drug-likeness (QED) is 0.785. The second-order valence-electron chi connectivity index (χ2n) is 4.50. The molecule has 0 aromatic heterocycles. The van der Waals surface area contributed by atoms with Gasteiger partial charge in [-0.15, -0.1) is 0 Å². The van der Waals surface area contributed by atoms with E-state index < -0.39 is 5.82 Å². The van der Waals surface area contributed by atoms with Crippen LogP contribution in [0.3, 0.4) is 0 Å².